The minimum absolute atomic E-state index is 0.0722. The van der Waals surface area contributed by atoms with E-state index < -0.39 is 13.5 Å². The maximum atomic E-state index is 11.5. The predicted octanol–water partition coefficient (Wildman–Crippen LogP) is 1.57. The Morgan fingerprint density at radius 3 is 2.67 bits per heavy atom. The van der Waals surface area contributed by atoms with Crippen LogP contribution >= 0.6 is 7.37 Å². The molecule has 3 atom stereocenters. The summed E-state index contributed by atoms with van der Waals surface area (Å²) in [5.41, 5.74) is 0. The molecule has 0 radical (unpaired) electrons. The lowest BCUT2D eigenvalue weighted by Crippen LogP contribution is -2.26. The van der Waals surface area contributed by atoms with E-state index in [-0.39, 0.29) is 5.92 Å². The van der Waals surface area contributed by atoms with Gasteiger partial charge in [0, 0.05) is 12.8 Å². The van der Waals surface area contributed by atoms with E-state index in [9.17, 15) is 4.57 Å². The molecule has 0 saturated carbocycles. The molecule has 1 heterocycles. The van der Waals surface area contributed by atoms with Crippen LogP contribution in [-0.2, 0) is 9.09 Å². The molecule has 3 unspecified atom stereocenters. The van der Waals surface area contributed by atoms with Crippen molar-refractivity contribution in [3.63, 3.8) is 0 Å². The molecule has 1 saturated heterocycles. The molecule has 0 aliphatic carbocycles. The maximum absolute atomic E-state index is 11.5. The van der Waals surface area contributed by atoms with Crippen LogP contribution in [0.5, 0.6) is 0 Å². The Morgan fingerprint density at radius 2 is 2.17 bits per heavy atom. The smallest absolute Gasteiger partial charge is 0.201 e. The molecule has 0 aromatic carbocycles. The van der Waals surface area contributed by atoms with Crippen LogP contribution in [0.15, 0.2) is 0 Å². The van der Waals surface area contributed by atoms with Gasteiger partial charge in [0.25, 0.3) is 0 Å². The van der Waals surface area contributed by atoms with Crippen molar-refractivity contribution >= 4 is 7.37 Å². The van der Waals surface area contributed by atoms with Crippen LogP contribution in [0.4, 0.5) is 0 Å². The Bertz CT molecular complexity index is 295. The molecule has 0 spiro atoms. The van der Waals surface area contributed by atoms with Crippen LogP contribution in [0.3, 0.4) is 0 Å². The third kappa shape index (κ3) is 1.92. The van der Waals surface area contributed by atoms with Gasteiger partial charge in [-0.3, -0.25) is 4.57 Å². The Hall–Kier alpha value is -0.690. The van der Waals surface area contributed by atoms with Crippen LogP contribution in [0.1, 0.15) is 6.42 Å². The van der Waals surface area contributed by atoms with Gasteiger partial charge < -0.3 is 4.52 Å². The van der Waals surface area contributed by atoms with Gasteiger partial charge in [0.15, 0.2) is 0 Å². The fraction of sp³-hybridized carbons (Fsp3) is 0.556. The van der Waals surface area contributed by atoms with Gasteiger partial charge in [0.2, 0.25) is 7.37 Å². The number of rotatable bonds is 0. The van der Waals surface area contributed by atoms with Crippen LogP contribution < -0.4 is 0 Å². The third-order valence-electron chi connectivity index (χ3n) is 1.93. The summed E-state index contributed by atoms with van der Waals surface area (Å²) in [5, 5.41) is 0. The van der Waals surface area contributed by atoms with E-state index in [1.807, 2.05) is 0 Å². The maximum Gasteiger partial charge on any atom is 0.201 e. The van der Waals surface area contributed by atoms with Gasteiger partial charge in [0.05, 0.1) is 5.92 Å². The minimum atomic E-state index is -2.45. The summed E-state index contributed by atoms with van der Waals surface area (Å²) < 4.78 is 16.7. The fourth-order valence-electron chi connectivity index (χ4n) is 1.21. The van der Waals surface area contributed by atoms with E-state index in [0.29, 0.717) is 12.6 Å². The van der Waals surface area contributed by atoms with Crippen LogP contribution in [-0.4, -0.2) is 18.9 Å². The van der Waals surface area contributed by atoms with Crippen molar-refractivity contribution in [2.24, 2.45) is 5.92 Å². The zero-order chi connectivity index (χ0) is 9.19. The van der Waals surface area contributed by atoms with Gasteiger partial charge in [-0.2, -0.15) is 0 Å². The van der Waals surface area contributed by atoms with E-state index >= 15 is 0 Å². The second-order valence-electron chi connectivity index (χ2n) is 2.99. The highest BCUT2D eigenvalue weighted by atomic mass is 31.2. The summed E-state index contributed by atoms with van der Waals surface area (Å²) >= 11 is 0. The largest absolute Gasteiger partial charge is 0.311 e. The van der Waals surface area contributed by atoms with Gasteiger partial charge in [-0.25, -0.2) is 0 Å². The van der Waals surface area contributed by atoms with E-state index in [0.717, 1.165) is 0 Å². The summed E-state index contributed by atoms with van der Waals surface area (Å²) in [5.74, 6) is 4.91. The average Bonchev–Trinajstić information content (AvgIpc) is 2.03. The zero-order valence-corrected chi connectivity index (χ0v) is 7.88. The molecule has 0 bridgehead atoms. The summed E-state index contributed by atoms with van der Waals surface area (Å²) in [4.78, 5) is 0. The van der Waals surface area contributed by atoms with Crippen molar-refractivity contribution in [2.45, 2.75) is 12.5 Å². The van der Waals surface area contributed by atoms with Crippen LogP contribution in [0.2, 0.25) is 0 Å². The first-order valence-corrected chi connectivity index (χ1v) is 6.02. The number of hydrogen-bond acceptors (Lipinski definition) is 2. The highest BCUT2D eigenvalue weighted by Crippen LogP contribution is 2.49. The second kappa shape index (κ2) is 3.36. The molecule has 0 aromatic heterocycles. The molecule has 1 fully saturated rings. The summed E-state index contributed by atoms with van der Waals surface area (Å²) in [6.45, 7) is 1.60. The zero-order valence-electron chi connectivity index (χ0n) is 6.99. The highest BCUT2D eigenvalue weighted by molar-refractivity contribution is 7.58. The van der Waals surface area contributed by atoms with Gasteiger partial charge >= 0.3 is 0 Å². The molecule has 1 aliphatic rings. The molecular formula is C9H11O2P. The molecule has 1 rings (SSSR count). The molecule has 2 nitrogen and oxygen atoms in total. The topological polar surface area (TPSA) is 26.3 Å². The third-order valence-corrected chi connectivity index (χ3v) is 3.67. The number of terminal acetylenes is 2. The lowest BCUT2D eigenvalue weighted by Gasteiger charge is -2.28. The van der Waals surface area contributed by atoms with Crippen molar-refractivity contribution in [1.82, 2.24) is 0 Å². The Labute approximate surface area is 73.1 Å². The molecular weight excluding hydrogens is 171 g/mol. The van der Waals surface area contributed by atoms with Crippen LogP contribution in [0.25, 0.3) is 0 Å². The number of hydrogen-bond donors (Lipinski definition) is 0. The lowest BCUT2D eigenvalue weighted by molar-refractivity contribution is 0.198. The molecule has 0 aromatic rings. The minimum Gasteiger partial charge on any atom is -0.311 e. The quantitative estimate of drug-likeness (QED) is 0.420. The van der Waals surface area contributed by atoms with Crippen molar-refractivity contribution in [3.8, 4) is 24.7 Å². The van der Waals surface area contributed by atoms with Crippen molar-refractivity contribution in [1.29, 1.82) is 0 Å². The Balaban J connectivity index is 2.76. The van der Waals surface area contributed by atoms with Crippen LogP contribution in [0, 0.1) is 30.6 Å². The lowest BCUT2D eigenvalue weighted by atomic mass is 10.0. The predicted molar refractivity (Wildman–Crippen MR) is 49.0 cm³/mol. The van der Waals surface area contributed by atoms with E-state index in [4.69, 9.17) is 17.4 Å². The van der Waals surface area contributed by atoms with Gasteiger partial charge in [-0.05, 0) is 6.42 Å². The monoisotopic (exact) mass is 182 g/mol. The van der Waals surface area contributed by atoms with E-state index in [1.165, 1.54) is 0 Å². The first-order valence-electron chi connectivity index (χ1n) is 3.76. The van der Waals surface area contributed by atoms with Crippen molar-refractivity contribution < 1.29 is 9.09 Å². The summed E-state index contributed by atoms with van der Waals surface area (Å²) in [6.07, 6.45) is 11.2. The Morgan fingerprint density at radius 1 is 1.50 bits per heavy atom. The Kier molecular flexibility index (Phi) is 2.63. The summed E-state index contributed by atoms with van der Waals surface area (Å²) in [7, 11) is -2.45. The molecule has 12 heavy (non-hydrogen) atoms. The SMILES string of the molecule is C#CC1CCP(C)(=O)OC1C#C. The van der Waals surface area contributed by atoms with E-state index in [2.05, 4.69) is 11.8 Å². The van der Waals surface area contributed by atoms with Crippen molar-refractivity contribution in [2.75, 3.05) is 12.8 Å². The fourth-order valence-corrected chi connectivity index (χ4v) is 2.75. The summed E-state index contributed by atoms with van der Waals surface area (Å²) in [6, 6.07) is 0. The van der Waals surface area contributed by atoms with E-state index in [1.54, 1.807) is 6.66 Å². The van der Waals surface area contributed by atoms with Gasteiger partial charge in [-0.15, -0.1) is 12.8 Å². The van der Waals surface area contributed by atoms with Crippen molar-refractivity contribution in [3.05, 3.63) is 0 Å². The molecule has 0 N–H and O–H groups in total. The first kappa shape index (κ1) is 9.40. The van der Waals surface area contributed by atoms with Gasteiger partial charge in [-0.1, -0.05) is 11.8 Å². The molecule has 0 amide bonds. The average molecular weight is 182 g/mol. The first-order chi connectivity index (χ1) is 5.59. The highest BCUT2D eigenvalue weighted by Gasteiger charge is 2.32. The normalized spacial score (nSPS) is 41.2. The molecule has 3 heteroatoms. The van der Waals surface area contributed by atoms with Gasteiger partial charge in [0.1, 0.15) is 6.10 Å². The second-order valence-corrected chi connectivity index (χ2v) is 5.68. The molecule has 64 valence electrons. The standard InChI is InChI=1S/C9H11O2P/c1-4-8-6-7-12(3,10)11-9(8)5-2/h1-2,8-9H,6-7H2,3H3. The molecule has 1 aliphatic heterocycles.